The summed E-state index contributed by atoms with van der Waals surface area (Å²) < 4.78 is 0. The molecule has 6 heteroatoms. The molecule has 0 radical (unpaired) electrons. The number of anilines is 1. The van der Waals surface area contributed by atoms with Gasteiger partial charge in [0, 0.05) is 10.7 Å². The van der Waals surface area contributed by atoms with Gasteiger partial charge in [0.25, 0.3) is 0 Å². The molecule has 1 aromatic rings. The maximum absolute atomic E-state index is 11.8. The van der Waals surface area contributed by atoms with Gasteiger partial charge in [-0.1, -0.05) is 16.8 Å². The molecule has 0 fully saturated rings. The number of nitrogens with zero attached hydrogens (tertiary/aromatic N) is 1. The highest BCUT2D eigenvalue weighted by Gasteiger charge is 2.21. The van der Waals surface area contributed by atoms with Crippen LogP contribution in [0.5, 0.6) is 0 Å². The Labute approximate surface area is 110 Å². The Hall–Kier alpha value is -1.88. The summed E-state index contributed by atoms with van der Waals surface area (Å²) in [4.78, 5) is 27.6. The van der Waals surface area contributed by atoms with E-state index in [2.05, 4.69) is 15.3 Å². The Morgan fingerprint density at radius 3 is 2.50 bits per heavy atom. The van der Waals surface area contributed by atoms with Gasteiger partial charge in [0.2, 0.25) is 5.91 Å². The molecule has 0 aliphatic rings. The predicted octanol–water partition coefficient (Wildman–Crippen LogP) is 2.12. The monoisotopic (exact) mass is 268 g/mol. The van der Waals surface area contributed by atoms with Crippen LogP contribution >= 0.6 is 11.6 Å². The lowest BCUT2D eigenvalue weighted by molar-refractivity contribution is -0.126. The summed E-state index contributed by atoms with van der Waals surface area (Å²) in [5, 5.41) is 6.60. The van der Waals surface area contributed by atoms with Crippen LogP contribution < -0.4 is 5.32 Å². The third kappa shape index (κ3) is 4.18. The summed E-state index contributed by atoms with van der Waals surface area (Å²) >= 11 is 5.73. The molecule has 5 nitrogen and oxygen atoms in total. The quantitative estimate of drug-likeness (QED) is 0.505. The first kappa shape index (κ1) is 14.2. The molecule has 1 aromatic carbocycles. The highest BCUT2D eigenvalue weighted by Crippen LogP contribution is 2.14. The topological polar surface area (TPSA) is 67.8 Å². The fourth-order valence-corrected chi connectivity index (χ4v) is 1.36. The first-order valence-electron chi connectivity index (χ1n) is 5.18. The minimum Gasteiger partial charge on any atom is -0.399 e. The average molecular weight is 269 g/mol. The number of ketones is 1. The molecule has 1 amide bonds. The van der Waals surface area contributed by atoms with E-state index >= 15 is 0 Å². The van der Waals surface area contributed by atoms with Gasteiger partial charge in [0.15, 0.2) is 0 Å². The van der Waals surface area contributed by atoms with Crippen LogP contribution in [-0.2, 0) is 14.4 Å². The van der Waals surface area contributed by atoms with Crippen LogP contribution in [0.2, 0.25) is 5.02 Å². The molecule has 0 bridgehead atoms. The van der Waals surface area contributed by atoms with Crippen LogP contribution in [0.15, 0.2) is 29.4 Å². The molecule has 1 rings (SSSR count). The molecule has 96 valence electrons. The van der Waals surface area contributed by atoms with Crippen molar-refractivity contribution >= 4 is 35.2 Å². The summed E-state index contributed by atoms with van der Waals surface area (Å²) in [5.41, 5.74) is 0.557. The summed E-state index contributed by atoms with van der Waals surface area (Å²) in [7, 11) is 1.34. The van der Waals surface area contributed by atoms with Crippen molar-refractivity contribution < 1.29 is 14.4 Å². The van der Waals surface area contributed by atoms with Gasteiger partial charge in [-0.3, -0.25) is 9.59 Å². The number of amides is 1. The number of rotatable bonds is 5. The second-order valence-corrected chi connectivity index (χ2v) is 3.96. The summed E-state index contributed by atoms with van der Waals surface area (Å²) in [6, 6.07) is 6.57. The summed E-state index contributed by atoms with van der Waals surface area (Å²) in [6.07, 6.45) is 1.16. The summed E-state index contributed by atoms with van der Waals surface area (Å²) in [5.74, 6) is -1.76. The van der Waals surface area contributed by atoms with E-state index in [1.165, 1.54) is 14.0 Å². The highest BCUT2D eigenvalue weighted by atomic mass is 35.5. The third-order valence-electron chi connectivity index (χ3n) is 2.15. The zero-order valence-electron chi connectivity index (χ0n) is 10.0. The second-order valence-electron chi connectivity index (χ2n) is 3.52. The fourth-order valence-electron chi connectivity index (χ4n) is 1.23. The number of hydrogen-bond donors (Lipinski definition) is 1. The molecule has 0 aliphatic carbocycles. The van der Waals surface area contributed by atoms with E-state index in [1.807, 2.05) is 0 Å². The molecule has 1 N–H and O–H groups in total. The zero-order chi connectivity index (χ0) is 13.5. The van der Waals surface area contributed by atoms with Crippen LogP contribution in [0, 0.1) is 5.92 Å². The van der Waals surface area contributed by atoms with Crippen LogP contribution in [0.3, 0.4) is 0 Å². The average Bonchev–Trinajstić information content (AvgIpc) is 2.32. The molecule has 18 heavy (non-hydrogen) atoms. The van der Waals surface area contributed by atoms with Gasteiger partial charge in [-0.25, -0.2) is 0 Å². The van der Waals surface area contributed by atoms with E-state index < -0.39 is 11.8 Å². The lowest BCUT2D eigenvalue weighted by Crippen LogP contribution is -2.29. The van der Waals surface area contributed by atoms with Crippen molar-refractivity contribution in [2.75, 3.05) is 12.4 Å². The second kappa shape index (κ2) is 6.76. The molecule has 0 spiro atoms. The molecule has 0 saturated heterocycles. The SMILES string of the molecule is CO/N=C\[C@@H](C(C)=O)C(=O)Nc1ccc(Cl)cc1. The first-order valence-corrected chi connectivity index (χ1v) is 5.56. The lowest BCUT2D eigenvalue weighted by Gasteiger charge is -2.09. The molecule has 0 unspecified atom stereocenters. The van der Waals surface area contributed by atoms with Gasteiger partial charge in [-0.2, -0.15) is 0 Å². The number of carbonyl (C=O) groups excluding carboxylic acids is 2. The number of nitrogens with one attached hydrogen (secondary N) is 1. The standard InChI is InChI=1S/C12H13ClN2O3/c1-8(16)11(7-14-18-2)12(17)15-10-5-3-9(13)4-6-10/h3-7,11H,1-2H3,(H,15,17)/b14-7-/t11-/m0/s1. The highest BCUT2D eigenvalue weighted by molar-refractivity contribution is 6.30. The molecule has 1 atom stereocenters. The van der Waals surface area contributed by atoms with Crippen LogP contribution in [-0.4, -0.2) is 25.0 Å². The predicted molar refractivity (Wildman–Crippen MR) is 69.8 cm³/mol. The Bertz CT molecular complexity index is 457. The maximum atomic E-state index is 11.8. The molecule has 0 aliphatic heterocycles. The number of oxime groups is 1. The summed E-state index contributed by atoms with van der Waals surface area (Å²) in [6.45, 7) is 1.31. The molecule has 0 aromatic heterocycles. The third-order valence-corrected chi connectivity index (χ3v) is 2.40. The normalized spacial score (nSPS) is 12.2. The fraction of sp³-hybridized carbons (Fsp3) is 0.250. The Kier molecular flexibility index (Phi) is 5.32. The Balaban J connectivity index is 2.75. The molecule has 0 heterocycles. The Morgan fingerprint density at radius 1 is 1.39 bits per heavy atom. The smallest absolute Gasteiger partial charge is 0.240 e. The number of hydrogen-bond acceptors (Lipinski definition) is 4. The van der Waals surface area contributed by atoms with Gasteiger partial charge in [-0.15, -0.1) is 0 Å². The van der Waals surface area contributed by atoms with Gasteiger partial charge in [0.05, 0.1) is 6.21 Å². The number of halogens is 1. The maximum Gasteiger partial charge on any atom is 0.240 e. The van der Waals surface area contributed by atoms with Crippen molar-refractivity contribution in [3.05, 3.63) is 29.3 Å². The van der Waals surface area contributed by atoms with Crippen LogP contribution in [0.4, 0.5) is 5.69 Å². The van der Waals surface area contributed by atoms with E-state index in [0.717, 1.165) is 6.21 Å². The molecular weight excluding hydrogens is 256 g/mol. The zero-order valence-corrected chi connectivity index (χ0v) is 10.8. The minimum atomic E-state index is -0.972. The van der Waals surface area contributed by atoms with Crippen molar-refractivity contribution in [2.45, 2.75) is 6.92 Å². The van der Waals surface area contributed by atoms with E-state index in [1.54, 1.807) is 24.3 Å². The van der Waals surface area contributed by atoms with Gasteiger partial charge in [0.1, 0.15) is 18.8 Å². The van der Waals surface area contributed by atoms with E-state index in [0.29, 0.717) is 10.7 Å². The van der Waals surface area contributed by atoms with E-state index in [4.69, 9.17) is 11.6 Å². The minimum absolute atomic E-state index is 0.317. The number of Topliss-reactive ketones (excluding diaryl/α,β-unsaturated/α-hetero) is 1. The first-order chi connectivity index (χ1) is 8.54. The Morgan fingerprint density at radius 2 is 2.00 bits per heavy atom. The van der Waals surface area contributed by atoms with Crippen molar-refractivity contribution in [3.63, 3.8) is 0 Å². The van der Waals surface area contributed by atoms with Gasteiger partial charge in [-0.05, 0) is 31.2 Å². The van der Waals surface area contributed by atoms with Gasteiger partial charge >= 0.3 is 0 Å². The van der Waals surface area contributed by atoms with Crippen LogP contribution in [0.1, 0.15) is 6.92 Å². The van der Waals surface area contributed by atoms with Crippen molar-refractivity contribution in [1.29, 1.82) is 0 Å². The van der Waals surface area contributed by atoms with Crippen molar-refractivity contribution in [1.82, 2.24) is 0 Å². The van der Waals surface area contributed by atoms with Crippen molar-refractivity contribution in [2.24, 2.45) is 11.1 Å². The van der Waals surface area contributed by atoms with Gasteiger partial charge < -0.3 is 10.2 Å². The van der Waals surface area contributed by atoms with E-state index in [9.17, 15) is 9.59 Å². The van der Waals surface area contributed by atoms with Crippen molar-refractivity contribution in [3.8, 4) is 0 Å². The molecule has 0 saturated carbocycles. The van der Waals surface area contributed by atoms with E-state index in [-0.39, 0.29) is 5.78 Å². The largest absolute Gasteiger partial charge is 0.399 e. The lowest BCUT2D eigenvalue weighted by atomic mass is 10.1. The number of benzene rings is 1. The van der Waals surface area contributed by atoms with Crippen LogP contribution in [0.25, 0.3) is 0 Å². The number of carbonyl (C=O) groups is 2. The molecular formula is C12H13ClN2O3.